The molecule has 0 atom stereocenters. The van der Waals surface area contributed by atoms with Crippen LogP contribution in [0.25, 0.3) is 11.3 Å². The first-order valence-corrected chi connectivity index (χ1v) is 14.2. The lowest BCUT2D eigenvalue weighted by Gasteiger charge is -2.29. The van der Waals surface area contributed by atoms with Crippen molar-refractivity contribution in [2.24, 2.45) is 5.92 Å². The number of amides is 1. The Bertz CT molecular complexity index is 1310. The van der Waals surface area contributed by atoms with E-state index in [4.69, 9.17) is 9.72 Å². The highest BCUT2D eigenvalue weighted by atomic mass is 32.1. The third-order valence-corrected chi connectivity index (χ3v) is 8.12. The molecule has 39 heavy (non-hydrogen) atoms. The van der Waals surface area contributed by atoms with E-state index in [1.54, 1.807) is 16.2 Å². The lowest BCUT2D eigenvalue weighted by molar-refractivity contribution is -0.142. The number of ether oxygens (including phenoxy) is 1. The molecule has 1 N–H and O–H groups in total. The first kappa shape index (κ1) is 28.6. The summed E-state index contributed by atoms with van der Waals surface area (Å²) >= 11 is 1.58. The molecule has 1 saturated heterocycles. The number of thiazole rings is 1. The third kappa shape index (κ3) is 7.16. The molecule has 208 valence electrons. The Kier molecular flexibility index (Phi) is 9.24. The lowest BCUT2D eigenvalue weighted by Crippen LogP contribution is -2.36. The number of aryl methyl sites for hydroxylation is 2. The van der Waals surface area contributed by atoms with E-state index >= 15 is 0 Å². The van der Waals surface area contributed by atoms with Gasteiger partial charge in [0.1, 0.15) is 12.4 Å². The van der Waals surface area contributed by atoms with Gasteiger partial charge in [-0.05, 0) is 76.2 Å². The molecule has 0 bridgehead atoms. The second-order valence-corrected chi connectivity index (χ2v) is 11.4. The quantitative estimate of drug-likeness (QED) is 0.383. The van der Waals surface area contributed by atoms with Gasteiger partial charge in [0.05, 0.1) is 11.6 Å². The monoisotopic (exact) mass is 550 g/mol. The van der Waals surface area contributed by atoms with Crippen molar-refractivity contribution in [2.45, 2.75) is 33.3 Å². The molecule has 0 saturated carbocycles. The number of aliphatic carboxylic acids is 1. The van der Waals surface area contributed by atoms with Crippen molar-refractivity contribution in [1.29, 1.82) is 0 Å². The fourth-order valence-electron chi connectivity index (χ4n) is 4.64. The molecule has 3 aromatic rings. The molecular formula is C30H38N4O4S. The molecule has 0 spiro atoms. The zero-order chi connectivity index (χ0) is 28.1. The van der Waals surface area contributed by atoms with Crippen LogP contribution >= 0.6 is 11.3 Å². The molecule has 0 unspecified atom stereocenters. The van der Waals surface area contributed by atoms with E-state index in [1.807, 2.05) is 70.7 Å². The largest absolute Gasteiger partial charge is 0.488 e. The smallest absolute Gasteiger partial charge is 0.306 e. The topological polar surface area (TPSA) is 86.2 Å². The van der Waals surface area contributed by atoms with Crippen LogP contribution in [0, 0.1) is 19.8 Å². The second-order valence-electron chi connectivity index (χ2n) is 10.6. The predicted octanol–water partition coefficient (Wildman–Crippen LogP) is 4.94. The molecule has 0 radical (unpaired) electrons. The molecule has 4 rings (SSSR count). The number of piperidine rings is 1. The summed E-state index contributed by atoms with van der Waals surface area (Å²) in [5.41, 5.74) is 5.62. The van der Waals surface area contributed by atoms with Crippen LogP contribution in [0.15, 0.2) is 41.8 Å². The van der Waals surface area contributed by atoms with Crippen molar-refractivity contribution < 1.29 is 19.4 Å². The van der Waals surface area contributed by atoms with Crippen molar-refractivity contribution in [3.8, 4) is 17.0 Å². The Balaban J connectivity index is 1.45. The van der Waals surface area contributed by atoms with E-state index in [1.165, 1.54) is 0 Å². The van der Waals surface area contributed by atoms with Gasteiger partial charge in [0.25, 0.3) is 5.91 Å². The van der Waals surface area contributed by atoms with Gasteiger partial charge < -0.3 is 24.5 Å². The van der Waals surface area contributed by atoms with Crippen LogP contribution in [0.1, 0.15) is 39.9 Å². The van der Waals surface area contributed by atoms with E-state index in [0.717, 1.165) is 45.4 Å². The van der Waals surface area contributed by atoms with E-state index in [9.17, 15) is 14.7 Å². The normalized spacial score (nSPS) is 14.1. The minimum atomic E-state index is -0.708. The molecule has 9 heteroatoms. The maximum absolute atomic E-state index is 12.8. The number of benzene rings is 2. The molecule has 2 heterocycles. The van der Waals surface area contributed by atoms with Crippen molar-refractivity contribution in [3.63, 3.8) is 0 Å². The Labute approximate surface area is 234 Å². The number of hydrogen-bond acceptors (Lipinski definition) is 7. The molecular weight excluding hydrogens is 512 g/mol. The maximum Gasteiger partial charge on any atom is 0.306 e. The van der Waals surface area contributed by atoms with E-state index < -0.39 is 5.97 Å². The average molecular weight is 551 g/mol. The van der Waals surface area contributed by atoms with E-state index in [0.29, 0.717) is 44.6 Å². The van der Waals surface area contributed by atoms with Gasteiger partial charge in [-0.3, -0.25) is 9.59 Å². The first-order chi connectivity index (χ1) is 18.6. The summed E-state index contributed by atoms with van der Waals surface area (Å²) in [5, 5.41) is 12.2. The van der Waals surface area contributed by atoms with E-state index in [-0.39, 0.29) is 11.8 Å². The van der Waals surface area contributed by atoms with Gasteiger partial charge in [-0.25, -0.2) is 4.98 Å². The van der Waals surface area contributed by atoms with Crippen molar-refractivity contribution in [3.05, 3.63) is 64.0 Å². The van der Waals surface area contributed by atoms with Gasteiger partial charge in [0.15, 0.2) is 5.13 Å². The van der Waals surface area contributed by atoms with Crippen molar-refractivity contribution in [1.82, 2.24) is 14.8 Å². The zero-order valence-electron chi connectivity index (χ0n) is 23.4. The molecule has 2 aromatic carbocycles. The molecule has 1 fully saturated rings. The number of hydrogen-bond donors (Lipinski definition) is 1. The summed E-state index contributed by atoms with van der Waals surface area (Å²) in [5.74, 6) is -0.207. The summed E-state index contributed by atoms with van der Waals surface area (Å²) < 4.78 is 6.31. The van der Waals surface area contributed by atoms with Crippen molar-refractivity contribution >= 4 is 28.3 Å². The van der Waals surface area contributed by atoms with Gasteiger partial charge in [0.2, 0.25) is 0 Å². The summed E-state index contributed by atoms with van der Waals surface area (Å²) in [6.07, 6.45) is 1.28. The van der Waals surface area contributed by atoms with Crippen LogP contribution in [0.4, 0.5) is 5.13 Å². The number of likely N-dealkylation sites (N-methyl/N-ethyl adjacent to an activating group) is 2. The fourth-order valence-corrected chi connectivity index (χ4v) is 5.52. The Morgan fingerprint density at radius 3 is 2.49 bits per heavy atom. The fraction of sp³-hybridized carbons (Fsp3) is 0.433. The number of anilines is 1. The van der Waals surface area contributed by atoms with Gasteiger partial charge in [-0.1, -0.05) is 17.7 Å². The van der Waals surface area contributed by atoms with Crippen LogP contribution in [-0.4, -0.2) is 79.1 Å². The number of carbonyl (C=O) groups is 2. The highest BCUT2D eigenvalue weighted by molar-refractivity contribution is 7.14. The van der Waals surface area contributed by atoms with Gasteiger partial charge in [-0.2, -0.15) is 0 Å². The molecule has 1 aromatic heterocycles. The van der Waals surface area contributed by atoms with Gasteiger partial charge in [-0.15, -0.1) is 11.3 Å². The van der Waals surface area contributed by atoms with Crippen molar-refractivity contribution in [2.75, 3.05) is 52.2 Å². The highest BCUT2D eigenvalue weighted by Crippen LogP contribution is 2.36. The lowest BCUT2D eigenvalue weighted by atomic mass is 9.97. The number of carboxylic acids is 1. The molecule has 0 aliphatic carbocycles. The minimum absolute atomic E-state index is 0.0137. The van der Waals surface area contributed by atoms with Crippen LogP contribution in [0.5, 0.6) is 5.75 Å². The average Bonchev–Trinajstić information content (AvgIpc) is 3.41. The van der Waals surface area contributed by atoms with Gasteiger partial charge in [0, 0.05) is 49.7 Å². The number of aromatic nitrogens is 1. The summed E-state index contributed by atoms with van der Waals surface area (Å²) in [6.45, 7) is 7.32. The third-order valence-electron chi connectivity index (χ3n) is 7.22. The number of rotatable bonds is 10. The molecule has 8 nitrogen and oxygen atoms in total. The zero-order valence-corrected chi connectivity index (χ0v) is 24.3. The Morgan fingerprint density at radius 2 is 1.82 bits per heavy atom. The summed E-state index contributed by atoms with van der Waals surface area (Å²) in [6, 6.07) is 11.9. The molecule has 1 aliphatic rings. The SMILES string of the molecule is Cc1ccc(OCc2ccc(C(=O)N(C)CCN(C)C)cc2C)c(-c2csc(N3CCC(C(=O)O)CC3)n2)c1. The number of carbonyl (C=O) groups excluding carboxylic acids is 1. The van der Waals surface area contributed by atoms with Crippen LogP contribution in [0.2, 0.25) is 0 Å². The Morgan fingerprint density at radius 1 is 1.08 bits per heavy atom. The Hall–Kier alpha value is -3.43. The maximum atomic E-state index is 12.8. The van der Waals surface area contributed by atoms with E-state index in [2.05, 4.69) is 15.9 Å². The highest BCUT2D eigenvalue weighted by Gasteiger charge is 2.26. The standard InChI is InChI=1S/C30H38N4O4S/c1-20-6-9-27(25(16-20)26-19-39-30(31-26)34-12-10-22(11-13-34)29(36)37)38-18-24-8-7-23(17-21(24)2)28(35)33(5)15-14-32(3)4/h6-9,16-17,19,22H,10-15,18H2,1-5H3,(H,36,37). The van der Waals surface area contributed by atoms with Crippen LogP contribution in [0.3, 0.4) is 0 Å². The molecule has 1 aliphatic heterocycles. The first-order valence-electron chi connectivity index (χ1n) is 13.3. The number of nitrogens with zero attached hydrogens (tertiary/aromatic N) is 4. The summed E-state index contributed by atoms with van der Waals surface area (Å²) in [4.78, 5) is 35.0. The van der Waals surface area contributed by atoms with Crippen LogP contribution < -0.4 is 9.64 Å². The summed E-state index contributed by atoms with van der Waals surface area (Å²) in [7, 11) is 5.83. The minimum Gasteiger partial charge on any atom is -0.488 e. The predicted molar refractivity (Wildman–Crippen MR) is 156 cm³/mol. The number of carboxylic acid groups (broad SMARTS) is 1. The second kappa shape index (κ2) is 12.6. The van der Waals surface area contributed by atoms with Crippen LogP contribution in [-0.2, 0) is 11.4 Å². The van der Waals surface area contributed by atoms with Gasteiger partial charge >= 0.3 is 5.97 Å². The molecule has 1 amide bonds.